The molecule has 0 unspecified atom stereocenters. The van der Waals surface area contributed by atoms with Gasteiger partial charge in [-0.3, -0.25) is 19.3 Å². The average molecular weight is 318 g/mol. The smallest absolute Gasteiger partial charge is 0.262 e. The Morgan fingerprint density at radius 1 is 1.17 bits per heavy atom. The van der Waals surface area contributed by atoms with Gasteiger partial charge in [-0.1, -0.05) is 12.1 Å². The van der Waals surface area contributed by atoms with Crippen molar-refractivity contribution in [1.82, 2.24) is 10.2 Å². The maximum atomic E-state index is 12.5. The lowest BCUT2D eigenvalue weighted by atomic mass is 10.1. The van der Waals surface area contributed by atoms with E-state index in [0.717, 1.165) is 4.90 Å². The zero-order valence-electron chi connectivity index (χ0n) is 13.0. The number of hydrogen-bond donors (Lipinski definition) is 1. The van der Waals surface area contributed by atoms with Gasteiger partial charge < -0.3 is 14.8 Å². The Hall–Kier alpha value is -2.25. The molecule has 0 saturated heterocycles. The van der Waals surface area contributed by atoms with Crippen LogP contribution in [0.3, 0.4) is 0 Å². The molecule has 1 aliphatic carbocycles. The van der Waals surface area contributed by atoms with Gasteiger partial charge in [0.25, 0.3) is 11.8 Å². The van der Waals surface area contributed by atoms with E-state index in [9.17, 15) is 14.4 Å². The zero-order chi connectivity index (χ0) is 16.6. The van der Waals surface area contributed by atoms with Crippen LogP contribution in [-0.2, 0) is 14.3 Å². The molecular weight excluding hydrogens is 300 g/mol. The van der Waals surface area contributed by atoms with E-state index in [1.165, 1.54) is 14.2 Å². The Bertz CT molecular complexity index is 629. The molecule has 0 bridgehead atoms. The minimum Gasteiger partial charge on any atom is -0.354 e. The maximum Gasteiger partial charge on any atom is 0.262 e. The van der Waals surface area contributed by atoms with Crippen molar-refractivity contribution in [1.29, 1.82) is 0 Å². The first kappa shape index (κ1) is 15.6. The van der Waals surface area contributed by atoms with Gasteiger partial charge in [0.2, 0.25) is 5.91 Å². The molecule has 1 heterocycles. The predicted octanol–water partition coefficient (Wildman–Crippen LogP) is 0.550. The lowest BCUT2D eigenvalue weighted by molar-refractivity contribution is -0.132. The van der Waals surface area contributed by atoms with Crippen LogP contribution < -0.4 is 5.32 Å². The molecular formula is C16H18N2O5. The second kappa shape index (κ2) is 5.75. The van der Waals surface area contributed by atoms with Crippen LogP contribution in [0.15, 0.2) is 24.3 Å². The summed E-state index contributed by atoms with van der Waals surface area (Å²) in [5.74, 6) is -1.17. The van der Waals surface area contributed by atoms with Crippen LogP contribution in [-0.4, -0.2) is 55.2 Å². The molecule has 0 radical (unpaired) electrons. The minimum atomic E-state index is -1.08. The Balaban J connectivity index is 1.78. The molecule has 1 aliphatic heterocycles. The number of methoxy groups -OCH3 is 2. The van der Waals surface area contributed by atoms with E-state index < -0.39 is 23.6 Å². The number of amides is 3. The topological polar surface area (TPSA) is 84.9 Å². The first-order valence-corrected chi connectivity index (χ1v) is 7.37. The van der Waals surface area contributed by atoms with Crippen molar-refractivity contribution < 1.29 is 23.9 Å². The molecule has 23 heavy (non-hydrogen) atoms. The van der Waals surface area contributed by atoms with E-state index in [2.05, 4.69) is 5.32 Å². The molecule has 0 aromatic heterocycles. The quantitative estimate of drug-likeness (QED) is 0.611. The summed E-state index contributed by atoms with van der Waals surface area (Å²) in [6.07, 6.45) is 0.362. The lowest BCUT2D eigenvalue weighted by Crippen LogP contribution is -2.53. The summed E-state index contributed by atoms with van der Waals surface area (Å²) >= 11 is 0. The molecule has 7 heteroatoms. The summed E-state index contributed by atoms with van der Waals surface area (Å²) in [6, 6.07) is 6.62. The van der Waals surface area contributed by atoms with E-state index in [0.29, 0.717) is 24.0 Å². The van der Waals surface area contributed by atoms with Gasteiger partial charge in [0.05, 0.1) is 17.7 Å². The Labute approximate surface area is 133 Å². The average Bonchev–Trinajstić information content (AvgIpc) is 3.32. The van der Waals surface area contributed by atoms with Gasteiger partial charge >= 0.3 is 0 Å². The van der Waals surface area contributed by atoms with Crippen molar-refractivity contribution in [3.8, 4) is 0 Å². The number of imide groups is 1. The van der Waals surface area contributed by atoms with Crippen LogP contribution in [0.25, 0.3) is 0 Å². The molecule has 0 atom stereocenters. The highest BCUT2D eigenvalue weighted by Gasteiger charge is 2.61. The fourth-order valence-corrected chi connectivity index (χ4v) is 2.85. The number of nitrogens with one attached hydrogen (secondary N) is 1. The fraction of sp³-hybridized carbons (Fsp3) is 0.438. The molecule has 3 amide bonds. The standard InChI is InChI=1S/C16H18N2O5/c1-22-12(23-2)9-17-15(21)16(7-8-16)18-13(19)10-5-3-4-6-11(10)14(18)20/h3-6,12H,7-9H2,1-2H3,(H,17,21). The van der Waals surface area contributed by atoms with Crippen LogP contribution in [0.4, 0.5) is 0 Å². The van der Waals surface area contributed by atoms with Gasteiger partial charge in [-0.15, -0.1) is 0 Å². The van der Waals surface area contributed by atoms with Crippen LogP contribution in [0.1, 0.15) is 33.6 Å². The number of benzene rings is 1. The predicted molar refractivity (Wildman–Crippen MR) is 79.7 cm³/mol. The fourth-order valence-electron chi connectivity index (χ4n) is 2.85. The number of fused-ring (bicyclic) bond motifs is 1. The summed E-state index contributed by atoms with van der Waals surface area (Å²) in [7, 11) is 2.94. The van der Waals surface area contributed by atoms with Crippen molar-refractivity contribution in [3.05, 3.63) is 35.4 Å². The second-order valence-corrected chi connectivity index (χ2v) is 5.63. The maximum absolute atomic E-state index is 12.5. The molecule has 1 N–H and O–H groups in total. The van der Waals surface area contributed by atoms with Gasteiger partial charge in [-0.05, 0) is 25.0 Å². The third-order valence-corrected chi connectivity index (χ3v) is 4.32. The number of carbonyl (C=O) groups is 3. The highest BCUT2D eigenvalue weighted by molar-refractivity contribution is 6.24. The first-order chi connectivity index (χ1) is 11.0. The van der Waals surface area contributed by atoms with E-state index in [1.54, 1.807) is 24.3 Å². The van der Waals surface area contributed by atoms with Gasteiger partial charge in [0.1, 0.15) is 5.54 Å². The largest absolute Gasteiger partial charge is 0.354 e. The minimum absolute atomic E-state index is 0.150. The molecule has 1 saturated carbocycles. The normalized spacial score (nSPS) is 18.3. The van der Waals surface area contributed by atoms with Crippen LogP contribution in [0.2, 0.25) is 0 Å². The Kier molecular flexibility index (Phi) is 3.91. The highest BCUT2D eigenvalue weighted by atomic mass is 16.7. The van der Waals surface area contributed by atoms with Gasteiger partial charge in [-0.2, -0.15) is 0 Å². The third-order valence-electron chi connectivity index (χ3n) is 4.32. The summed E-state index contributed by atoms with van der Waals surface area (Å²) in [4.78, 5) is 38.7. The molecule has 0 spiro atoms. The molecule has 7 nitrogen and oxygen atoms in total. The van der Waals surface area contributed by atoms with Crippen molar-refractivity contribution in [3.63, 3.8) is 0 Å². The van der Waals surface area contributed by atoms with Crippen LogP contribution >= 0.6 is 0 Å². The monoisotopic (exact) mass is 318 g/mol. The number of hydrogen-bond acceptors (Lipinski definition) is 5. The summed E-state index contributed by atoms with van der Waals surface area (Å²) in [5, 5.41) is 2.70. The SMILES string of the molecule is COC(CNC(=O)C1(N2C(=O)c3ccccc3C2=O)CC1)OC. The Morgan fingerprint density at radius 3 is 2.13 bits per heavy atom. The number of rotatable bonds is 6. The molecule has 3 rings (SSSR count). The summed E-state index contributed by atoms with van der Waals surface area (Å²) in [5.41, 5.74) is -0.384. The number of carbonyl (C=O) groups excluding carboxylic acids is 3. The number of ether oxygens (including phenoxy) is 2. The van der Waals surface area contributed by atoms with Crippen molar-refractivity contribution in [2.45, 2.75) is 24.7 Å². The molecule has 2 aliphatic rings. The molecule has 122 valence electrons. The van der Waals surface area contributed by atoms with Crippen molar-refractivity contribution >= 4 is 17.7 Å². The van der Waals surface area contributed by atoms with E-state index >= 15 is 0 Å². The van der Waals surface area contributed by atoms with E-state index in [-0.39, 0.29) is 12.5 Å². The van der Waals surface area contributed by atoms with Gasteiger partial charge in [-0.25, -0.2) is 0 Å². The van der Waals surface area contributed by atoms with E-state index in [1.807, 2.05) is 0 Å². The zero-order valence-corrected chi connectivity index (χ0v) is 13.0. The van der Waals surface area contributed by atoms with E-state index in [4.69, 9.17) is 9.47 Å². The highest BCUT2D eigenvalue weighted by Crippen LogP contribution is 2.45. The number of nitrogens with zero attached hydrogens (tertiary/aromatic N) is 1. The van der Waals surface area contributed by atoms with Crippen molar-refractivity contribution in [2.24, 2.45) is 0 Å². The molecule has 1 aromatic rings. The second-order valence-electron chi connectivity index (χ2n) is 5.63. The van der Waals surface area contributed by atoms with Gasteiger partial charge in [0, 0.05) is 14.2 Å². The first-order valence-electron chi connectivity index (χ1n) is 7.37. The van der Waals surface area contributed by atoms with Crippen LogP contribution in [0.5, 0.6) is 0 Å². The van der Waals surface area contributed by atoms with Gasteiger partial charge in [0.15, 0.2) is 6.29 Å². The van der Waals surface area contributed by atoms with Crippen LogP contribution in [0, 0.1) is 0 Å². The molecule has 1 aromatic carbocycles. The summed E-state index contributed by atoms with van der Waals surface area (Å²) in [6.45, 7) is 0.150. The molecule has 1 fully saturated rings. The lowest BCUT2D eigenvalue weighted by Gasteiger charge is -2.25. The third kappa shape index (κ3) is 2.42. The Morgan fingerprint density at radius 2 is 1.70 bits per heavy atom. The summed E-state index contributed by atoms with van der Waals surface area (Å²) < 4.78 is 10.0. The van der Waals surface area contributed by atoms with Crippen molar-refractivity contribution in [2.75, 3.05) is 20.8 Å².